The van der Waals surface area contributed by atoms with Gasteiger partial charge in [0.2, 0.25) is 0 Å². The Morgan fingerprint density at radius 1 is 0.889 bits per heavy atom. The van der Waals surface area contributed by atoms with Gasteiger partial charge in [0.1, 0.15) is 5.15 Å². The highest BCUT2D eigenvalue weighted by Crippen LogP contribution is 2.16. The van der Waals surface area contributed by atoms with E-state index >= 15 is 0 Å². The Hall–Kier alpha value is -1.93. The summed E-state index contributed by atoms with van der Waals surface area (Å²) in [6.45, 7) is 0. The molecule has 1 aromatic heterocycles. The molecule has 0 saturated heterocycles. The average molecular weight is 255 g/mol. The largest absolute Gasteiger partial charge is 0.251 e. The molecule has 0 unspecified atom stereocenters. The maximum Gasteiger partial charge on any atom is 0.148 e. The minimum absolute atomic E-state index is 0.430. The first-order chi connectivity index (χ1) is 8.81. The molecule has 0 atom stereocenters. The average Bonchev–Trinajstić information content (AvgIpc) is 2.39. The summed E-state index contributed by atoms with van der Waals surface area (Å²) in [6, 6.07) is 16.5. The third-order valence-corrected chi connectivity index (χ3v) is 3.01. The van der Waals surface area contributed by atoms with Gasteiger partial charge in [-0.2, -0.15) is 0 Å². The topological polar surface area (TPSA) is 25.8 Å². The molecule has 1 heterocycles. The van der Waals surface area contributed by atoms with E-state index < -0.39 is 0 Å². The first kappa shape index (κ1) is 11.2. The normalized spacial score (nSPS) is 10.7. The van der Waals surface area contributed by atoms with E-state index in [4.69, 9.17) is 11.6 Å². The fourth-order valence-electron chi connectivity index (χ4n) is 1.98. The molecule has 0 spiro atoms. The molecule has 88 valence electrons. The summed E-state index contributed by atoms with van der Waals surface area (Å²) in [5.41, 5.74) is 4.21. The summed E-state index contributed by atoms with van der Waals surface area (Å²) in [5, 5.41) is 0.430. The van der Waals surface area contributed by atoms with Crippen LogP contribution in [-0.2, 0) is 6.42 Å². The SMILES string of the molecule is Clc1cnc2ccc(Cc3ccccc3)cc2n1. The molecule has 3 rings (SSSR count). The fraction of sp³-hybridized carbons (Fsp3) is 0.0667. The molecule has 0 saturated carbocycles. The van der Waals surface area contributed by atoms with Crippen LogP contribution in [0.4, 0.5) is 0 Å². The van der Waals surface area contributed by atoms with Gasteiger partial charge in [-0.3, -0.25) is 4.98 Å². The van der Waals surface area contributed by atoms with Gasteiger partial charge < -0.3 is 0 Å². The summed E-state index contributed by atoms with van der Waals surface area (Å²) < 4.78 is 0. The lowest BCUT2D eigenvalue weighted by Gasteiger charge is -2.03. The first-order valence-corrected chi connectivity index (χ1v) is 6.14. The zero-order chi connectivity index (χ0) is 12.4. The van der Waals surface area contributed by atoms with Crippen molar-refractivity contribution in [2.45, 2.75) is 6.42 Å². The van der Waals surface area contributed by atoms with Gasteiger partial charge in [-0.1, -0.05) is 48.0 Å². The van der Waals surface area contributed by atoms with Crippen molar-refractivity contribution in [3.05, 3.63) is 71.0 Å². The summed E-state index contributed by atoms with van der Waals surface area (Å²) >= 11 is 5.86. The molecular weight excluding hydrogens is 244 g/mol. The van der Waals surface area contributed by atoms with E-state index in [1.807, 2.05) is 30.3 Å². The van der Waals surface area contributed by atoms with Crippen molar-refractivity contribution < 1.29 is 0 Å². The van der Waals surface area contributed by atoms with Crippen molar-refractivity contribution in [1.82, 2.24) is 9.97 Å². The van der Waals surface area contributed by atoms with Gasteiger partial charge in [0.15, 0.2) is 0 Å². The number of benzene rings is 2. The Balaban J connectivity index is 1.98. The second-order valence-corrected chi connectivity index (χ2v) is 4.57. The lowest BCUT2D eigenvalue weighted by atomic mass is 10.0. The third-order valence-electron chi connectivity index (χ3n) is 2.83. The zero-order valence-electron chi connectivity index (χ0n) is 9.68. The van der Waals surface area contributed by atoms with Crippen LogP contribution >= 0.6 is 11.6 Å². The third kappa shape index (κ3) is 2.34. The highest BCUT2D eigenvalue weighted by molar-refractivity contribution is 6.29. The molecule has 0 amide bonds. The summed E-state index contributed by atoms with van der Waals surface area (Å²) in [5.74, 6) is 0. The van der Waals surface area contributed by atoms with E-state index in [1.165, 1.54) is 11.1 Å². The van der Waals surface area contributed by atoms with Crippen LogP contribution in [0.1, 0.15) is 11.1 Å². The molecule has 2 aromatic carbocycles. The number of halogens is 1. The van der Waals surface area contributed by atoms with Crippen LogP contribution in [-0.4, -0.2) is 9.97 Å². The molecule has 0 fully saturated rings. The number of nitrogens with zero attached hydrogens (tertiary/aromatic N) is 2. The molecule has 3 aromatic rings. The lowest BCUT2D eigenvalue weighted by molar-refractivity contribution is 1.19. The van der Waals surface area contributed by atoms with E-state index in [1.54, 1.807) is 6.20 Å². The van der Waals surface area contributed by atoms with E-state index in [9.17, 15) is 0 Å². The van der Waals surface area contributed by atoms with Crippen molar-refractivity contribution >= 4 is 22.6 Å². The predicted octanol–water partition coefficient (Wildman–Crippen LogP) is 3.87. The second kappa shape index (κ2) is 4.75. The molecule has 18 heavy (non-hydrogen) atoms. The molecule has 0 N–H and O–H groups in total. The number of rotatable bonds is 2. The van der Waals surface area contributed by atoms with Crippen molar-refractivity contribution in [3.8, 4) is 0 Å². The molecule has 0 aliphatic rings. The van der Waals surface area contributed by atoms with Crippen LogP contribution in [0.15, 0.2) is 54.7 Å². The maximum absolute atomic E-state index is 5.86. The van der Waals surface area contributed by atoms with Crippen LogP contribution in [0.5, 0.6) is 0 Å². The van der Waals surface area contributed by atoms with Crippen LogP contribution in [0.2, 0.25) is 5.15 Å². The van der Waals surface area contributed by atoms with Gasteiger partial charge in [-0.15, -0.1) is 0 Å². The predicted molar refractivity (Wildman–Crippen MR) is 73.8 cm³/mol. The Bertz CT molecular complexity index is 680. The minimum atomic E-state index is 0.430. The van der Waals surface area contributed by atoms with Crippen molar-refractivity contribution in [2.24, 2.45) is 0 Å². The molecule has 0 aliphatic carbocycles. The van der Waals surface area contributed by atoms with E-state index in [2.05, 4.69) is 28.2 Å². The lowest BCUT2D eigenvalue weighted by Crippen LogP contribution is -1.90. The number of fused-ring (bicyclic) bond motifs is 1. The minimum Gasteiger partial charge on any atom is -0.251 e. The summed E-state index contributed by atoms with van der Waals surface area (Å²) in [4.78, 5) is 8.52. The molecular formula is C15H11ClN2. The Labute approximate surface area is 110 Å². The summed E-state index contributed by atoms with van der Waals surface area (Å²) in [6.07, 6.45) is 2.46. The monoisotopic (exact) mass is 254 g/mol. The molecule has 0 radical (unpaired) electrons. The quantitative estimate of drug-likeness (QED) is 0.694. The van der Waals surface area contributed by atoms with Crippen LogP contribution < -0.4 is 0 Å². The van der Waals surface area contributed by atoms with Gasteiger partial charge in [-0.05, 0) is 29.7 Å². The molecule has 0 aliphatic heterocycles. The van der Waals surface area contributed by atoms with E-state index in [0.29, 0.717) is 5.15 Å². The highest BCUT2D eigenvalue weighted by Gasteiger charge is 2.01. The Morgan fingerprint density at radius 2 is 1.72 bits per heavy atom. The van der Waals surface area contributed by atoms with Gasteiger partial charge in [-0.25, -0.2) is 4.98 Å². The molecule has 2 nitrogen and oxygen atoms in total. The van der Waals surface area contributed by atoms with Crippen molar-refractivity contribution in [3.63, 3.8) is 0 Å². The van der Waals surface area contributed by atoms with Crippen LogP contribution in [0.25, 0.3) is 11.0 Å². The second-order valence-electron chi connectivity index (χ2n) is 4.18. The zero-order valence-corrected chi connectivity index (χ0v) is 10.4. The summed E-state index contributed by atoms with van der Waals surface area (Å²) in [7, 11) is 0. The van der Waals surface area contributed by atoms with Crippen molar-refractivity contribution in [2.75, 3.05) is 0 Å². The Morgan fingerprint density at radius 3 is 2.56 bits per heavy atom. The van der Waals surface area contributed by atoms with E-state index in [0.717, 1.165) is 17.5 Å². The van der Waals surface area contributed by atoms with Gasteiger partial charge in [0.25, 0.3) is 0 Å². The number of hydrogen-bond donors (Lipinski definition) is 0. The highest BCUT2D eigenvalue weighted by atomic mass is 35.5. The van der Waals surface area contributed by atoms with E-state index in [-0.39, 0.29) is 0 Å². The van der Waals surface area contributed by atoms with Crippen molar-refractivity contribution in [1.29, 1.82) is 0 Å². The fourth-order valence-corrected chi connectivity index (χ4v) is 2.12. The number of hydrogen-bond acceptors (Lipinski definition) is 2. The number of aromatic nitrogens is 2. The Kier molecular flexibility index (Phi) is 2.95. The standard InChI is InChI=1S/C15H11ClN2/c16-15-10-17-13-7-6-12(9-14(13)18-15)8-11-4-2-1-3-5-11/h1-7,9-10H,8H2. The van der Waals surface area contributed by atoms with Crippen LogP contribution in [0.3, 0.4) is 0 Å². The maximum atomic E-state index is 5.86. The first-order valence-electron chi connectivity index (χ1n) is 5.76. The smallest absolute Gasteiger partial charge is 0.148 e. The van der Waals surface area contributed by atoms with Gasteiger partial charge in [0.05, 0.1) is 17.2 Å². The van der Waals surface area contributed by atoms with Gasteiger partial charge in [0, 0.05) is 0 Å². The molecule has 3 heteroatoms. The van der Waals surface area contributed by atoms with Gasteiger partial charge >= 0.3 is 0 Å². The molecule has 0 bridgehead atoms. The van der Waals surface area contributed by atoms with Crippen LogP contribution in [0, 0.1) is 0 Å².